The van der Waals surface area contributed by atoms with Crippen LogP contribution in [0.15, 0.2) is 48.5 Å². The van der Waals surface area contributed by atoms with Crippen LogP contribution in [0.2, 0.25) is 0 Å². The lowest BCUT2D eigenvalue weighted by Crippen LogP contribution is -2.48. The first-order valence-corrected chi connectivity index (χ1v) is 9.09. The fourth-order valence-corrected chi connectivity index (χ4v) is 2.86. The molecule has 1 atom stereocenters. The molecule has 2 aromatic carbocycles. The number of rotatable bonds is 7. The highest BCUT2D eigenvalue weighted by atomic mass is 16.2. The number of hydrogen-bond acceptors (Lipinski definition) is 2. The van der Waals surface area contributed by atoms with Crippen molar-refractivity contribution in [2.75, 3.05) is 6.54 Å². The van der Waals surface area contributed by atoms with E-state index < -0.39 is 6.04 Å². The van der Waals surface area contributed by atoms with E-state index >= 15 is 0 Å². The minimum atomic E-state index is -0.521. The molecule has 0 aliphatic heterocycles. The topological polar surface area (TPSA) is 49.4 Å². The molecule has 0 saturated carbocycles. The van der Waals surface area contributed by atoms with Crippen LogP contribution in [0.1, 0.15) is 36.1 Å². The summed E-state index contributed by atoms with van der Waals surface area (Å²) in [5.74, 6) is -0.172. The van der Waals surface area contributed by atoms with Crippen molar-refractivity contribution in [1.82, 2.24) is 10.2 Å². The predicted octanol–water partition coefficient (Wildman–Crippen LogP) is 3.40. The van der Waals surface area contributed by atoms with E-state index in [-0.39, 0.29) is 18.2 Å². The number of hydrogen-bond donors (Lipinski definition) is 1. The van der Waals surface area contributed by atoms with Gasteiger partial charge < -0.3 is 10.2 Å². The number of nitrogens with zero attached hydrogens (tertiary/aromatic N) is 1. The van der Waals surface area contributed by atoms with Gasteiger partial charge in [-0.1, -0.05) is 54.1 Å². The van der Waals surface area contributed by atoms with Crippen LogP contribution in [0, 0.1) is 13.8 Å². The fourth-order valence-electron chi connectivity index (χ4n) is 2.86. The average molecular weight is 352 g/mol. The first-order chi connectivity index (χ1) is 12.4. The van der Waals surface area contributed by atoms with Gasteiger partial charge in [0.2, 0.25) is 11.8 Å². The molecule has 2 rings (SSSR count). The minimum Gasteiger partial charge on any atom is -0.355 e. The van der Waals surface area contributed by atoms with Crippen molar-refractivity contribution in [1.29, 1.82) is 0 Å². The Hall–Kier alpha value is -2.62. The van der Waals surface area contributed by atoms with Crippen LogP contribution in [0.5, 0.6) is 0 Å². The van der Waals surface area contributed by atoms with E-state index in [4.69, 9.17) is 0 Å². The van der Waals surface area contributed by atoms with Gasteiger partial charge in [-0.05, 0) is 44.4 Å². The number of likely N-dealkylation sites (N-methyl/N-ethyl adjacent to an activating group) is 1. The SMILES string of the molecule is CCNC(=O)C(C)N(Cc1ccccc1C)C(=O)Cc1ccc(C)cc1. The van der Waals surface area contributed by atoms with E-state index in [1.165, 1.54) is 0 Å². The van der Waals surface area contributed by atoms with Crippen LogP contribution in [-0.2, 0) is 22.6 Å². The molecule has 0 heterocycles. The van der Waals surface area contributed by atoms with Gasteiger partial charge >= 0.3 is 0 Å². The molecule has 0 saturated heterocycles. The lowest BCUT2D eigenvalue weighted by Gasteiger charge is -2.29. The molecule has 0 radical (unpaired) electrons. The van der Waals surface area contributed by atoms with Gasteiger partial charge in [-0.25, -0.2) is 0 Å². The van der Waals surface area contributed by atoms with E-state index in [2.05, 4.69) is 5.32 Å². The Labute approximate surface area is 156 Å². The van der Waals surface area contributed by atoms with Crippen molar-refractivity contribution in [3.8, 4) is 0 Å². The Morgan fingerprint density at radius 2 is 1.69 bits per heavy atom. The van der Waals surface area contributed by atoms with E-state index in [0.717, 1.165) is 22.3 Å². The maximum atomic E-state index is 13.0. The van der Waals surface area contributed by atoms with E-state index in [9.17, 15) is 9.59 Å². The Kier molecular flexibility index (Phi) is 6.96. The van der Waals surface area contributed by atoms with E-state index in [0.29, 0.717) is 13.1 Å². The van der Waals surface area contributed by atoms with Gasteiger partial charge in [-0.2, -0.15) is 0 Å². The van der Waals surface area contributed by atoms with Crippen LogP contribution in [0.4, 0.5) is 0 Å². The monoisotopic (exact) mass is 352 g/mol. The predicted molar refractivity (Wildman–Crippen MR) is 105 cm³/mol. The van der Waals surface area contributed by atoms with E-state index in [1.807, 2.05) is 69.3 Å². The summed E-state index contributed by atoms with van der Waals surface area (Å²) < 4.78 is 0. The van der Waals surface area contributed by atoms with Crippen LogP contribution < -0.4 is 5.32 Å². The molecule has 0 bridgehead atoms. The molecular formula is C22H28N2O2. The largest absolute Gasteiger partial charge is 0.355 e. The molecule has 2 amide bonds. The smallest absolute Gasteiger partial charge is 0.242 e. The molecule has 2 aromatic rings. The zero-order valence-electron chi connectivity index (χ0n) is 16.1. The van der Waals surface area contributed by atoms with Gasteiger partial charge in [0.05, 0.1) is 6.42 Å². The molecule has 0 fully saturated rings. The zero-order chi connectivity index (χ0) is 19.1. The number of nitrogens with one attached hydrogen (secondary N) is 1. The van der Waals surface area contributed by atoms with Gasteiger partial charge in [-0.15, -0.1) is 0 Å². The lowest BCUT2D eigenvalue weighted by atomic mass is 10.1. The summed E-state index contributed by atoms with van der Waals surface area (Å²) in [6.45, 7) is 8.69. The third kappa shape index (κ3) is 5.19. The van der Waals surface area contributed by atoms with Gasteiger partial charge in [0.1, 0.15) is 6.04 Å². The van der Waals surface area contributed by atoms with Crippen LogP contribution in [0.25, 0.3) is 0 Å². The zero-order valence-corrected chi connectivity index (χ0v) is 16.1. The molecule has 1 unspecified atom stereocenters. The van der Waals surface area contributed by atoms with Gasteiger partial charge in [0.15, 0.2) is 0 Å². The molecular weight excluding hydrogens is 324 g/mol. The number of amides is 2. The standard InChI is InChI=1S/C22H28N2O2/c1-5-23-22(26)18(4)24(15-20-9-7-6-8-17(20)3)21(25)14-19-12-10-16(2)11-13-19/h6-13,18H,5,14-15H2,1-4H3,(H,23,26). The van der Waals surface area contributed by atoms with E-state index in [1.54, 1.807) is 11.8 Å². The highest BCUT2D eigenvalue weighted by Gasteiger charge is 2.26. The lowest BCUT2D eigenvalue weighted by molar-refractivity contribution is -0.140. The van der Waals surface area contributed by atoms with Crippen LogP contribution in [-0.4, -0.2) is 29.3 Å². The van der Waals surface area contributed by atoms with Crippen molar-refractivity contribution in [2.45, 2.75) is 46.7 Å². The van der Waals surface area contributed by atoms with Gasteiger partial charge in [0.25, 0.3) is 0 Å². The van der Waals surface area contributed by atoms with Crippen molar-refractivity contribution in [3.05, 3.63) is 70.8 Å². The first-order valence-electron chi connectivity index (χ1n) is 9.09. The Balaban J connectivity index is 2.23. The van der Waals surface area contributed by atoms with Crippen molar-refractivity contribution in [3.63, 3.8) is 0 Å². The van der Waals surface area contributed by atoms with Crippen molar-refractivity contribution in [2.24, 2.45) is 0 Å². The molecule has 0 spiro atoms. The Morgan fingerprint density at radius 1 is 1.04 bits per heavy atom. The maximum Gasteiger partial charge on any atom is 0.242 e. The third-order valence-corrected chi connectivity index (χ3v) is 4.60. The molecule has 0 aliphatic carbocycles. The summed E-state index contributed by atoms with van der Waals surface area (Å²) in [4.78, 5) is 27.0. The maximum absolute atomic E-state index is 13.0. The summed E-state index contributed by atoms with van der Waals surface area (Å²) in [5.41, 5.74) is 4.29. The average Bonchev–Trinajstić information content (AvgIpc) is 2.62. The third-order valence-electron chi connectivity index (χ3n) is 4.60. The molecule has 4 heteroatoms. The van der Waals surface area contributed by atoms with Crippen molar-refractivity contribution < 1.29 is 9.59 Å². The van der Waals surface area contributed by atoms with Crippen molar-refractivity contribution >= 4 is 11.8 Å². The highest BCUT2D eigenvalue weighted by Crippen LogP contribution is 2.15. The van der Waals surface area contributed by atoms with Gasteiger partial charge in [0, 0.05) is 13.1 Å². The summed E-state index contributed by atoms with van der Waals surface area (Å²) in [7, 11) is 0. The highest BCUT2D eigenvalue weighted by molar-refractivity contribution is 5.88. The summed E-state index contributed by atoms with van der Waals surface area (Å²) in [6, 6.07) is 15.4. The normalized spacial score (nSPS) is 11.7. The second-order valence-electron chi connectivity index (χ2n) is 6.68. The number of aryl methyl sites for hydroxylation is 2. The molecule has 0 aliphatic rings. The summed E-state index contributed by atoms with van der Waals surface area (Å²) in [6.07, 6.45) is 0.288. The summed E-state index contributed by atoms with van der Waals surface area (Å²) >= 11 is 0. The minimum absolute atomic E-state index is 0.0455. The second kappa shape index (κ2) is 9.18. The number of benzene rings is 2. The van der Waals surface area contributed by atoms with Gasteiger partial charge in [-0.3, -0.25) is 9.59 Å². The molecule has 4 nitrogen and oxygen atoms in total. The molecule has 1 N–H and O–H groups in total. The Morgan fingerprint density at radius 3 is 2.31 bits per heavy atom. The second-order valence-corrected chi connectivity index (χ2v) is 6.68. The van der Waals surface area contributed by atoms with Crippen LogP contribution in [0.3, 0.4) is 0 Å². The fraction of sp³-hybridized carbons (Fsp3) is 0.364. The van der Waals surface area contributed by atoms with Crippen LogP contribution >= 0.6 is 0 Å². The molecule has 26 heavy (non-hydrogen) atoms. The number of carbonyl (C=O) groups excluding carboxylic acids is 2. The number of carbonyl (C=O) groups is 2. The first kappa shape index (κ1) is 19.7. The quantitative estimate of drug-likeness (QED) is 0.830. The Bertz CT molecular complexity index is 753. The molecule has 0 aromatic heterocycles. The summed E-state index contributed by atoms with van der Waals surface area (Å²) in [5, 5.41) is 2.82. The molecule has 138 valence electrons.